The minimum absolute atomic E-state index is 0.243. The van der Waals surface area contributed by atoms with Crippen molar-refractivity contribution in [3.8, 4) is 0 Å². The van der Waals surface area contributed by atoms with Gasteiger partial charge < -0.3 is 11.5 Å². The highest BCUT2D eigenvalue weighted by Crippen LogP contribution is 2.42. The van der Waals surface area contributed by atoms with Gasteiger partial charge in [-0.15, -0.1) is 0 Å². The number of rotatable bonds is 1. The van der Waals surface area contributed by atoms with Gasteiger partial charge in [0.1, 0.15) is 4.98 Å². The van der Waals surface area contributed by atoms with Crippen LogP contribution in [0.5, 0.6) is 0 Å². The number of allylic oxidation sites excluding steroid dienone is 2. The highest BCUT2D eigenvalue weighted by atomic mass is 35.5. The summed E-state index contributed by atoms with van der Waals surface area (Å²) >= 11 is 12.2. The van der Waals surface area contributed by atoms with Gasteiger partial charge in [-0.2, -0.15) is 0 Å². The van der Waals surface area contributed by atoms with Gasteiger partial charge in [-0.1, -0.05) is 35.3 Å². The average Bonchev–Trinajstić information content (AvgIpc) is 2.33. The molecule has 0 aromatic heterocycles. The molecule has 4 nitrogen and oxygen atoms in total. The number of alkyl halides is 2. The molecule has 1 aliphatic rings. The lowest BCUT2D eigenvalue weighted by Crippen LogP contribution is -2.37. The molecule has 0 radical (unpaired) electrons. The Kier molecular flexibility index (Phi) is 3.20. The predicted octanol–water partition coefficient (Wildman–Crippen LogP) is 2.90. The van der Waals surface area contributed by atoms with Gasteiger partial charge in [0.05, 0.1) is 11.3 Å². The zero-order chi connectivity index (χ0) is 13.3. The predicted molar refractivity (Wildman–Crippen MR) is 74.4 cm³/mol. The van der Waals surface area contributed by atoms with Gasteiger partial charge in [0.2, 0.25) is 9.73 Å². The van der Waals surface area contributed by atoms with Crippen LogP contribution in [0.15, 0.2) is 42.1 Å². The van der Waals surface area contributed by atoms with Gasteiger partial charge in [-0.05, 0) is 29.8 Å². The van der Waals surface area contributed by atoms with E-state index in [1.165, 1.54) is 0 Å². The number of diazo groups is 1. The van der Waals surface area contributed by atoms with E-state index in [9.17, 15) is 0 Å². The lowest BCUT2D eigenvalue weighted by molar-refractivity contribution is 0.823. The normalized spacial score (nSPS) is 21.7. The zero-order valence-electron chi connectivity index (χ0n) is 9.35. The van der Waals surface area contributed by atoms with Crippen molar-refractivity contribution in [2.24, 2.45) is 5.73 Å². The van der Waals surface area contributed by atoms with Crippen LogP contribution < -0.4 is 11.5 Å². The molecule has 0 spiro atoms. The molecule has 1 aromatic rings. The van der Waals surface area contributed by atoms with Crippen LogP contribution in [0, 0.1) is 5.39 Å². The van der Waals surface area contributed by atoms with Gasteiger partial charge in [0.25, 0.3) is 0 Å². The van der Waals surface area contributed by atoms with E-state index < -0.39 is 10.4 Å². The Morgan fingerprint density at radius 1 is 1.11 bits per heavy atom. The van der Waals surface area contributed by atoms with Crippen LogP contribution in [0.2, 0.25) is 0 Å². The topological polar surface area (TPSA) is 80.2 Å². The Morgan fingerprint density at radius 3 is 2.28 bits per heavy atom. The number of halogens is 2. The third-order valence-corrected chi connectivity index (χ3v) is 3.67. The van der Waals surface area contributed by atoms with E-state index in [2.05, 4.69) is 4.98 Å². The van der Waals surface area contributed by atoms with Crippen LogP contribution in [-0.4, -0.2) is 10.4 Å². The summed E-state index contributed by atoms with van der Waals surface area (Å²) in [5.74, 6) is 0. The van der Waals surface area contributed by atoms with E-state index in [0.29, 0.717) is 11.3 Å². The molecule has 1 atom stereocenters. The van der Waals surface area contributed by atoms with Crippen LogP contribution >= 0.6 is 23.2 Å². The first-order valence-electron chi connectivity index (χ1n) is 5.22. The van der Waals surface area contributed by atoms with E-state index >= 15 is 0 Å². The van der Waals surface area contributed by atoms with Gasteiger partial charge in [-0.3, -0.25) is 0 Å². The zero-order valence-corrected chi connectivity index (χ0v) is 10.9. The van der Waals surface area contributed by atoms with Crippen molar-refractivity contribution in [3.05, 3.63) is 52.7 Å². The highest BCUT2D eigenvalue weighted by molar-refractivity contribution is 6.52. The Hall–Kier alpha value is -1.70. The molecule has 2 rings (SSSR count). The number of nitrogens with two attached hydrogens (primary N) is 2. The summed E-state index contributed by atoms with van der Waals surface area (Å²) < 4.78 is -1.46. The van der Waals surface area contributed by atoms with E-state index in [-0.39, 0.29) is 5.70 Å². The number of nitrogens with zero attached hydrogens (tertiary/aromatic N) is 2. The SMILES string of the molecule is N#[N+]C1C(c2ccc(N)cc2)=CC=C(N)C1(Cl)Cl. The van der Waals surface area contributed by atoms with Crippen molar-refractivity contribution in [1.82, 2.24) is 0 Å². The summed E-state index contributed by atoms with van der Waals surface area (Å²) in [4.78, 5) is 3.25. The van der Waals surface area contributed by atoms with E-state index in [4.69, 9.17) is 40.1 Å². The van der Waals surface area contributed by atoms with Crippen LogP contribution in [0.3, 0.4) is 0 Å². The summed E-state index contributed by atoms with van der Waals surface area (Å²) in [5, 5.41) is 9.14. The van der Waals surface area contributed by atoms with Crippen molar-refractivity contribution in [3.63, 3.8) is 0 Å². The maximum Gasteiger partial charge on any atom is 0.377 e. The standard InChI is InChI=1S/C12H10Cl2N4/c13-12(14)10(16)6-5-9(11(12)18-17)7-1-3-8(15)4-2-7/h1-6,11,15-17H/p+1. The lowest BCUT2D eigenvalue weighted by atomic mass is 9.91. The van der Waals surface area contributed by atoms with E-state index in [1.807, 2.05) is 0 Å². The van der Waals surface area contributed by atoms with Crippen molar-refractivity contribution >= 4 is 34.5 Å². The molecule has 0 aliphatic heterocycles. The first-order chi connectivity index (χ1) is 8.46. The molecule has 0 fully saturated rings. The van der Waals surface area contributed by atoms with Gasteiger partial charge >= 0.3 is 6.04 Å². The number of benzene rings is 1. The molecule has 92 valence electrons. The Bertz CT molecular complexity index is 567. The summed E-state index contributed by atoms with van der Waals surface area (Å²) in [6.45, 7) is 0. The fourth-order valence-electron chi connectivity index (χ4n) is 1.80. The number of nitrogen functional groups attached to an aromatic ring is 1. The number of hydrogen-bond acceptors (Lipinski definition) is 3. The third-order valence-electron chi connectivity index (χ3n) is 2.82. The summed E-state index contributed by atoms with van der Waals surface area (Å²) in [6.07, 6.45) is 3.33. The minimum Gasteiger partial charge on any atom is -0.399 e. The molecule has 1 unspecified atom stereocenters. The summed E-state index contributed by atoms with van der Waals surface area (Å²) in [5.41, 5.74) is 13.7. The molecular formula is C12H11Cl2N4+. The van der Waals surface area contributed by atoms with Gasteiger partial charge in [0.15, 0.2) is 0 Å². The molecular weight excluding hydrogens is 271 g/mol. The largest absolute Gasteiger partial charge is 0.399 e. The molecule has 0 saturated heterocycles. The molecule has 4 N–H and O–H groups in total. The quantitative estimate of drug-likeness (QED) is 0.472. The Balaban J connectivity index is 2.51. The fourth-order valence-corrected chi connectivity index (χ4v) is 2.25. The molecule has 0 bridgehead atoms. The van der Waals surface area contributed by atoms with Crippen molar-refractivity contribution in [2.45, 2.75) is 10.4 Å². The molecule has 0 amide bonds. The Labute approximate surface area is 114 Å². The van der Waals surface area contributed by atoms with Crippen molar-refractivity contribution < 1.29 is 0 Å². The van der Waals surface area contributed by atoms with Crippen molar-refractivity contribution in [2.75, 3.05) is 5.73 Å². The third kappa shape index (κ3) is 2.03. The first-order valence-corrected chi connectivity index (χ1v) is 5.98. The maximum atomic E-state index is 9.14. The molecule has 1 aliphatic carbocycles. The smallest absolute Gasteiger partial charge is 0.377 e. The average molecular weight is 282 g/mol. The number of anilines is 1. The second kappa shape index (κ2) is 4.52. The summed E-state index contributed by atoms with van der Waals surface area (Å²) in [7, 11) is 0. The minimum atomic E-state index is -1.46. The molecule has 18 heavy (non-hydrogen) atoms. The lowest BCUT2D eigenvalue weighted by Gasteiger charge is -2.23. The van der Waals surface area contributed by atoms with E-state index in [0.717, 1.165) is 5.56 Å². The second-order valence-corrected chi connectivity index (χ2v) is 5.39. The van der Waals surface area contributed by atoms with Crippen LogP contribution in [0.4, 0.5) is 5.69 Å². The monoisotopic (exact) mass is 281 g/mol. The van der Waals surface area contributed by atoms with Crippen molar-refractivity contribution in [1.29, 1.82) is 5.39 Å². The second-order valence-electron chi connectivity index (χ2n) is 4.01. The molecule has 6 heteroatoms. The Morgan fingerprint density at radius 2 is 1.72 bits per heavy atom. The molecule has 0 saturated carbocycles. The van der Waals surface area contributed by atoms with Crippen LogP contribution in [0.1, 0.15) is 5.56 Å². The molecule has 1 aromatic carbocycles. The fraction of sp³-hybridized carbons (Fsp3) is 0.167. The van der Waals surface area contributed by atoms with Gasteiger partial charge in [-0.25, -0.2) is 0 Å². The molecule has 0 heterocycles. The number of hydrogen-bond donors (Lipinski definition) is 2. The van der Waals surface area contributed by atoms with E-state index in [1.54, 1.807) is 36.4 Å². The summed E-state index contributed by atoms with van der Waals surface area (Å²) in [6, 6.07) is 6.26. The highest BCUT2D eigenvalue weighted by Gasteiger charge is 2.52. The van der Waals surface area contributed by atoms with Crippen LogP contribution in [-0.2, 0) is 0 Å². The first kappa shape index (κ1) is 12.7. The van der Waals surface area contributed by atoms with Gasteiger partial charge in [0, 0.05) is 5.69 Å². The van der Waals surface area contributed by atoms with Crippen LogP contribution in [0.25, 0.3) is 10.5 Å². The maximum absolute atomic E-state index is 9.14.